The van der Waals surface area contributed by atoms with Crippen molar-refractivity contribution in [2.45, 2.75) is 19.1 Å². The van der Waals surface area contributed by atoms with Crippen LogP contribution in [0.5, 0.6) is 5.75 Å². The van der Waals surface area contributed by atoms with Gasteiger partial charge in [0.1, 0.15) is 11.7 Å². The molecule has 0 bridgehead atoms. The lowest BCUT2D eigenvalue weighted by Gasteiger charge is -2.22. The quantitative estimate of drug-likeness (QED) is 0.326. The highest BCUT2D eigenvalue weighted by Gasteiger charge is 2.42. The molecule has 2 atom stereocenters. The van der Waals surface area contributed by atoms with Crippen LogP contribution < -0.4 is 15.8 Å². The molecule has 0 aliphatic rings. The van der Waals surface area contributed by atoms with Crippen molar-refractivity contribution >= 4 is 5.84 Å². The van der Waals surface area contributed by atoms with Gasteiger partial charge in [0.15, 0.2) is 5.84 Å². The molecule has 4 N–H and O–H groups in total. The predicted molar refractivity (Wildman–Crippen MR) is 72.4 cm³/mol. The summed E-state index contributed by atoms with van der Waals surface area (Å²) in [6.45, 7) is 1.24. The number of nitrogens with zero attached hydrogens (tertiary/aromatic N) is 1. The van der Waals surface area contributed by atoms with Crippen molar-refractivity contribution in [3.05, 3.63) is 29.8 Å². The van der Waals surface area contributed by atoms with Crippen molar-refractivity contribution in [1.29, 1.82) is 0 Å². The van der Waals surface area contributed by atoms with Crippen LogP contribution in [-0.2, 0) is 0 Å². The Morgan fingerprint density at radius 3 is 2.38 bits per heavy atom. The Morgan fingerprint density at radius 1 is 1.38 bits per heavy atom. The largest absolute Gasteiger partial charge is 0.497 e. The predicted octanol–water partition coefficient (Wildman–Crippen LogP) is 2.27. The molecule has 0 heterocycles. The van der Waals surface area contributed by atoms with Crippen LogP contribution in [0.2, 0.25) is 0 Å². The maximum atomic E-state index is 12.8. The Morgan fingerprint density at radius 2 is 1.95 bits per heavy atom. The van der Waals surface area contributed by atoms with Crippen molar-refractivity contribution in [2.75, 3.05) is 13.7 Å². The van der Waals surface area contributed by atoms with Crippen LogP contribution in [0.3, 0.4) is 0 Å². The third-order valence-corrected chi connectivity index (χ3v) is 3.11. The first-order valence-electron chi connectivity index (χ1n) is 6.21. The van der Waals surface area contributed by atoms with Crippen molar-refractivity contribution < 1.29 is 23.1 Å². The molecule has 0 aliphatic carbocycles. The van der Waals surface area contributed by atoms with E-state index in [9.17, 15) is 13.2 Å². The fourth-order valence-electron chi connectivity index (χ4n) is 1.76. The number of benzene rings is 1. The molecule has 0 saturated heterocycles. The van der Waals surface area contributed by atoms with E-state index in [1.54, 1.807) is 31.2 Å². The first kappa shape index (κ1) is 17.1. The van der Waals surface area contributed by atoms with Crippen LogP contribution in [0.4, 0.5) is 13.2 Å². The molecule has 0 aromatic heterocycles. The number of alkyl halides is 3. The van der Waals surface area contributed by atoms with E-state index < -0.39 is 24.5 Å². The number of nitrogens with one attached hydrogen (secondary N) is 1. The van der Waals surface area contributed by atoms with Gasteiger partial charge in [-0.25, -0.2) is 0 Å². The second kappa shape index (κ2) is 7.16. The maximum absolute atomic E-state index is 12.8. The van der Waals surface area contributed by atoms with Gasteiger partial charge >= 0.3 is 6.18 Å². The first-order valence-corrected chi connectivity index (χ1v) is 6.21. The van der Waals surface area contributed by atoms with Crippen LogP contribution in [0.15, 0.2) is 29.4 Å². The lowest BCUT2D eigenvalue weighted by Crippen LogP contribution is -2.43. The number of halogens is 3. The molecule has 5 nitrogen and oxygen atoms in total. The van der Waals surface area contributed by atoms with Crippen molar-refractivity contribution in [3.63, 3.8) is 0 Å². The minimum Gasteiger partial charge on any atom is -0.497 e. The number of ether oxygens (including phenoxy) is 1. The van der Waals surface area contributed by atoms with Gasteiger partial charge in [-0.05, 0) is 24.6 Å². The number of nitrogens with two attached hydrogens (primary N) is 1. The van der Waals surface area contributed by atoms with Crippen molar-refractivity contribution in [2.24, 2.45) is 16.8 Å². The van der Waals surface area contributed by atoms with Gasteiger partial charge in [0, 0.05) is 12.6 Å². The molecule has 0 radical (unpaired) electrons. The van der Waals surface area contributed by atoms with Crippen LogP contribution >= 0.6 is 0 Å². The van der Waals surface area contributed by atoms with E-state index in [-0.39, 0.29) is 6.04 Å². The van der Waals surface area contributed by atoms with E-state index in [2.05, 4.69) is 10.5 Å². The average Bonchev–Trinajstić information content (AvgIpc) is 2.45. The number of hydrogen-bond donors (Lipinski definition) is 3. The number of rotatable bonds is 6. The Kier molecular flexibility index (Phi) is 5.83. The van der Waals surface area contributed by atoms with E-state index >= 15 is 0 Å². The highest BCUT2D eigenvalue weighted by Crippen LogP contribution is 2.27. The SMILES string of the molecule is COc1ccc([C@@H](C)NCC(/C(N)=N/O)C(F)(F)F)cc1. The summed E-state index contributed by atoms with van der Waals surface area (Å²) in [4.78, 5) is 0. The summed E-state index contributed by atoms with van der Waals surface area (Å²) in [6, 6.07) is 6.62. The van der Waals surface area contributed by atoms with E-state index in [4.69, 9.17) is 15.7 Å². The van der Waals surface area contributed by atoms with E-state index in [0.29, 0.717) is 5.75 Å². The molecule has 1 unspecified atom stereocenters. The molecule has 1 aromatic carbocycles. The topological polar surface area (TPSA) is 79.9 Å². The molecule has 1 aromatic rings. The zero-order chi connectivity index (χ0) is 16.0. The van der Waals surface area contributed by atoms with Gasteiger partial charge in [-0.3, -0.25) is 0 Å². The standard InChI is InChI=1S/C13H18F3N3O2/c1-8(9-3-5-10(21-2)6-4-9)18-7-11(12(17)19-20)13(14,15)16/h3-6,8,11,18,20H,7H2,1-2H3,(H2,17,19)/t8-,11?/m1/s1. The molecule has 118 valence electrons. The van der Waals surface area contributed by atoms with Crippen LogP contribution in [-0.4, -0.2) is 30.9 Å². The zero-order valence-corrected chi connectivity index (χ0v) is 11.7. The van der Waals surface area contributed by atoms with Gasteiger partial charge < -0.3 is 21.0 Å². The van der Waals surface area contributed by atoms with Gasteiger partial charge in [-0.1, -0.05) is 17.3 Å². The number of oxime groups is 1. The van der Waals surface area contributed by atoms with Gasteiger partial charge in [0.25, 0.3) is 0 Å². The van der Waals surface area contributed by atoms with E-state index in [1.807, 2.05) is 0 Å². The molecular weight excluding hydrogens is 287 g/mol. The normalized spacial score (nSPS) is 15.6. The smallest absolute Gasteiger partial charge is 0.400 e. The molecule has 21 heavy (non-hydrogen) atoms. The summed E-state index contributed by atoms with van der Waals surface area (Å²) in [6.07, 6.45) is -4.58. The van der Waals surface area contributed by atoms with Crippen molar-refractivity contribution in [1.82, 2.24) is 5.32 Å². The summed E-state index contributed by atoms with van der Waals surface area (Å²) in [5.41, 5.74) is 5.89. The Balaban J connectivity index is 2.70. The number of amidine groups is 1. The molecule has 0 spiro atoms. The monoisotopic (exact) mass is 305 g/mol. The van der Waals surface area contributed by atoms with Crippen LogP contribution in [0, 0.1) is 5.92 Å². The Bertz CT molecular complexity index is 475. The molecule has 0 fully saturated rings. The summed E-state index contributed by atoms with van der Waals surface area (Å²) < 4.78 is 43.4. The first-order chi connectivity index (χ1) is 9.79. The molecule has 0 amide bonds. The van der Waals surface area contributed by atoms with Crippen molar-refractivity contribution in [3.8, 4) is 5.75 Å². The third kappa shape index (κ3) is 4.82. The van der Waals surface area contributed by atoms with Gasteiger partial charge in [0.05, 0.1) is 7.11 Å². The van der Waals surface area contributed by atoms with Crippen LogP contribution in [0.25, 0.3) is 0 Å². The van der Waals surface area contributed by atoms with E-state index in [1.165, 1.54) is 7.11 Å². The van der Waals surface area contributed by atoms with E-state index in [0.717, 1.165) is 5.56 Å². The fourth-order valence-corrected chi connectivity index (χ4v) is 1.76. The molecule has 8 heteroatoms. The second-order valence-corrected chi connectivity index (χ2v) is 4.52. The van der Waals surface area contributed by atoms with Gasteiger partial charge in [-0.15, -0.1) is 0 Å². The highest BCUT2D eigenvalue weighted by atomic mass is 19.4. The lowest BCUT2D eigenvalue weighted by atomic mass is 10.1. The molecule has 1 rings (SSSR count). The Hall–Kier alpha value is -1.96. The summed E-state index contributed by atoms with van der Waals surface area (Å²) >= 11 is 0. The van der Waals surface area contributed by atoms with Crippen LogP contribution in [0.1, 0.15) is 18.5 Å². The highest BCUT2D eigenvalue weighted by molar-refractivity contribution is 5.83. The average molecular weight is 305 g/mol. The van der Waals surface area contributed by atoms with Gasteiger partial charge in [0.2, 0.25) is 0 Å². The molecule has 0 saturated carbocycles. The lowest BCUT2D eigenvalue weighted by molar-refractivity contribution is -0.155. The fraction of sp³-hybridized carbons (Fsp3) is 0.462. The van der Waals surface area contributed by atoms with Gasteiger partial charge in [-0.2, -0.15) is 13.2 Å². The molecular formula is C13H18F3N3O2. The molecule has 0 aliphatic heterocycles. The zero-order valence-electron chi connectivity index (χ0n) is 11.7. The number of hydrogen-bond acceptors (Lipinski definition) is 4. The minimum absolute atomic E-state index is 0.327. The second-order valence-electron chi connectivity index (χ2n) is 4.52. The Labute approximate surface area is 120 Å². The maximum Gasteiger partial charge on any atom is 0.400 e. The third-order valence-electron chi connectivity index (χ3n) is 3.11. The summed E-state index contributed by atoms with van der Waals surface area (Å²) in [5, 5.41) is 13.6. The minimum atomic E-state index is -4.58. The summed E-state index contributed by atoms with van der Waals surface area (Å²) in [7, 11) is 1.53. The summed E-state index contributed by atoms with van der Waals surface area (Å²) in [5.74, 6) is -2.24. The number of methoxy groups -OCH3 is 1.